The van der Waals surface area contributed by atoms with Gasteiger partial charge in [-0.15, -0.1) is 11.8 Å². The first-order valence-electron chi connectivity index (χ1n) is 10.2. The Balaban J connectivity index is 1.46. The number of amides is 1. The van der Waals surface area contributed by atoms with Crippen molar-refractivity contribution in [3.8, 4) is 0 Å². The van der Waals surface area contributed by atoms with Crippen LogP contribution in [0.5, 0.6) is 0 Å². The van der Waals surface area contributed by atoms with Gasteiger partial charge in [0.25, 0.3) is 5.91 Å². The quantitative estimate of drug-likeness (QED) is 0.574. The summed E-state index contributed by atoms with van der Waals surface area (Å²) in [5.74, 6) is 0.960. The highest BCUT2D eigenvalue weighted by molar-refractivity contribution is 7.99. The van der Waals surface area contributed by atoms with E-state index >= 15 is 0 Å². The normalized spacial score (nSPS) is 14.1. The Morgan fingerprint density at radius 3 is 2.63 bits per heavy atom. The number of nitrogens with zero attached hydrogens (tertiary/aromatic N) is 1. The number of fused-ring (bicyclic) bond motifs is 1. The molecule has 154 valence electrons. The summed E-state index contributed by atoms with van der Waals surface area (Å²) in [5.41, 5.74) is 4.01. The Kier molecular flexibility index (Phi) is 6.38. The van der Waals surface area contributed by atoms with Gasteiger partial charge in [-0.2, -0.15) is 0 Å². The van der Waals surface area contributed by atoms with Crippen molar-refractivity contribution in [2.75, 3.05) is 23.7 Å². The third-order valence-corrected chi connectivity index (χ3v) is 6.45. The van der Waals surface area contributed by atoms with E-state index in [4.69, 9.17) is 0 Å². The van der Waals surface area contributed by atoms with Gasteiger partial charge in [0.2, 0.25) is 0 Å². The fraction of sp³-hybridized carbons (Fsp3) is 0.240. The number of carbonyl (C=O) groups excluding carboxylic acids is 1. The lowest BCUT2D eigenvalue weighted by Crippen LogP contribution is -2.30. The van der Waals surface area contributed by atoms with Gasteiger partial charge in [-0.1, -0.05) is 49.4 Å². The summed E-state index contributed by atoms with van der Waals surface area (Å²) in [4.78, 5) is 16.2. The highest BCUT2D eigenvalue weighted by Gasteiger charge is 2.20. The van der Waals surface area contributed by atoms with E-state index in [1.165, 1.54) is 22.6 Å². The summed E-state index contributed by atoms with van der Waals surface area (Å²) in [6.07, 6.45) is 0. The zero-order valence-electron chi connectivity index (χ0n) is 17.0. The minimum absolute atomic E-state index is 0.0575. The van der Waals surface area contributed by atoms with Crippen molar-refractivity contribution in [3.05, 3.63) is 95.3 Å². The molecule has 30 heavy (non-hydrogen) atoms. The van der Waals surface area contributed by atoms with Crippen LogP contribution >= 0.6 is 11.8 Å². The number of rotatable bonds is 6. The topological polar surface area (TPSA) is 32.3 Å². The lowest BCUT2D eigenvalue weighted by molar-refractivity contribution is 0.0951. The molecule has 1 amide bonds. The van der Waals surface area contributed by atoms with Crippen molar-refractivity contribution < 1.29 is 9.18 Å². The Bertz CT molecular complexity index is 1010. The van der Waals surface area contributed by atoms with Crippen LogP contribution in [0, 0.1) is 5.82 Å². The molecule has 3 nitrogen and oxygen atoms in total. The molecule has 4 rings (SSSR count). The molecule has 0 aromatic heterocycles. The van der Waals surface area contributed by atoms with Crippen molar-refractivity contribution in [1.29, 1.82) is 0 Å². The minimum Gasteiger partial charge on any atom is -0.365 e. The lowest BCUT2D eigenvalue weighted by Gasteiger charge is -2.31. The van der Waals surface area contributed by atoms with Crippen LogP contribution in [0.2, 0.25) is 0 Å². The first-order valence-corrected chi connectivity index (χ1v) is 11.2. The SMILES string of the molecule is CC(CNC(=O)c1ccc2c(c1)N(Cc1ccc(F)cc1)CCS2)c1ccccc1. The van der Waals surface area contributed by atoms with E-state index in [0.29, 0.717) is 18.7 Å². The van der Waals surface area contributed by atoms with Gasteiger partial charge >= 0.3 is 0 Å². The van der Waals surface area contributed by atoms with Crippen LogP contribution in [0.1, 0.15) is 34.3 Å². The van der Waals surface area contributed by atoms with E-state index in [9.17, 15) is 9.18 Å². The smallest absolute Gasteiger partial charge is 0.251 e. The zero-order chi connectivity index (χ0) is 20.9. The van der Waals surface area contributed by atoms with Gasteiger partial charge in [-0.05, 0) is 47.4 Å². The molecule has 0 bridgehead atoms. The summed E-state index contributed by atoms with van der Waals surface area (Å²) < 4.78 is 13.2. The minimum atomic E-state index is -0.225. The molecule has 1 atom stereocenters. The van der Waals surface area contributed by atoms with Crippen LogP contribution in [0.3, 0.4) is 0 Å². The second-order valence-corrected chi connectivity index (χ2v) is 8.74. The first-order chi connectivity index (χ1) is 14.6. The fourth-order valence-electron chi connectivity index (χ4n) is 3.64. The molecule has 0 saturated heterocycles. The molecule has 0 spiro atoms. The standard InChI is InChI=1S/C25H25FN2OS/c1-18(20-5-3-2-4-6-20)16-27-25(29)21-9-12-24-23(15-21)28(13-14-30-24)17-19-7-10-22(26)11-8-19/h2-12,15,18H,13-14,16-17H2,1H3,(H,27,29). The molecule has 1 aliphatic rings. The van der Waals surface area contributed by atoms with E-state index in [1.807, 2.05) is 60.3 Å². The highest BCUT2D eigenvalue weighted by atomic mass is 32.2. The molecule has 3 aromatic rings. The predicted molar refractivity (Wildman–Crippen MR) is 122 cm³/mol. The number of thioether (sulfide) groups is 1. The molecule has 5 heteroatoms. The molecule has 3 aromatic carbocycles. The Labute approximate surface area is 181 Å². The van der Waals surface area contributed by atoms with Crippen LogP contribution in [-0.4, -0.2) is 24.7 Å². The molecule has 0 fully saturated rings. The third-order valence-electron chi connectivity index (χ3n) is 5.40. The van der Waals surface area contributed by atoms with Gasteiger partial charge in [-0.3, -0.25) is 4.79 Å². The van der Waals surface area contributed by atoms with Gasteiger partial charge < -0.3 is 10.2 Å². The van der Waals surface area contributed by atoms with E-state index < -0.39 is 0 Å². The second kappa shape index (κ2) is 9.35. The molecule has 0 saturated carbocycles. The number of nitrogens with one attached hydrogen (secondary N) is 1. The van der Waals surface area contributed by atoms with Gasteiger partial charge in [0, 0.05) is 35.8 Å². The van der Waals surface area contributed by atoms with Crippen LogP contribution in [0.4, 0.5) is 10.1 Å². The summed E-state index contributed by atoms with van der Waals surface area (Å²) in [7, 11) is 0. The van der Waals surface area contributed by atoms with E-state index in [1.54, 1.807) is 0 Å². The molecule has 0 radical (unpaired) electrons. The largest absolute Gasteiger partial charge is 0.365 e. The predicted octanol–water partition coefficient (Wildman–Crippen LogP) is 5.47. The zero-order valence-corrected chi connectivity index (χ0v) is 17.8. The van der Waals surface area contributed by atoms with Crippen LogP contribution in [0.15, 0.2) is 77.7 Å². The monoisotopic (exact) mass is 420 g/mol. The second-order valence-electron chi connectivity index (χ2n) is 7.60. The number of hydrogen-bond acceptors (Lipinski definition) is 3. The molecule has 1 N–H and O–H groups in total. The average Bonchev–Trinajstić information content (AvgIpc) is 2.79. The van der Waals surface area contributed by atoms with Crippen LogP contribution < -0.4 is 10.2 Å². The van der Waals surface area contributed by atoms with Crippen LogP contribution in [0.25, 0.3) is 0 Å². The molecule has 1 heterocycles. The van der Waals surface area contributed by atoms with E-state index in [0.717, 1.165) is 23.5 Å². The number of hydrogen-bond donors (Lipinski definition) is 1. The molecule has 1 unspecified atom stereocenters. The van der Waals surface area contributed by atoms with Crippen molar-refractivity contribution in [2.45, 2.75) is 24.3 Å². The number of benzene rings is 3. The Hall–Kier alpha value is -2.79. The summed E-state index contributed by atoms with van der Waals surface area (Å²) in [5, 5.41) is 3.07. The third kappa shape index (κ3) is 4.85. The van der Waals surface area contributed by atoms with E-state index in [-0.39, 0.29) is 17.6 Å². The van der Waals surface area contributed by atoms with Gasteiger partial charge in [0.05, 0.1) is 5.69 Å². The average molecular weight is 421 g/mol. The number of halogens is 1. The highest BCUT2D eigenvalue weighted by Crippen LogP contribution is 2.36. The maximum atomic E-state index is 13.2. The van der Waals surface area contributed by atoms with E-state index in [2.05, 4.69) is 29.3 Å². The summed E-state index contributed by atoms with van der Waals surface area (Å²) in [6, 6.07) is 22.7. The van der Waals surface area contributed by atoms with Crippen LogP contribution in [-0.2, 0) is 6.54 Å². The Morgan fingerprint density at radius 1 is 1.10 bits per heavy atom. The molecule has 1 aliphatic heterocycles. The summed E-state index contributed by atoms with van der Waals surface area (Å²) >= 11 is 1.81. The molecule has 0 aliphatic carbocycles. The van der Waals surface area contributed by atoms with Crippen molar-refractivity contribution in [3.63, 3.8) is 0 Å². The van der Waals surface area contributed by atoms with Crippen molar-refractivity contribution in [1.82, 2.24) is 5.32 Å². The molecular formula is C25H25FN2OS. The maximum absolute atomic E-state index is 13.2. The van der Waals surface area contributed by atoms with Gasteiger partial charge in [0.15, 0.2) is 0 Å². The fourth-order valence-corrected chi connectivity index (χ4v) is 4.67. The van der Waals surface area contributed by atoms with Crippen molar-refractivity contribution >= 4 is 23.4 Å². The van der Waals surface area contributed by atoms with Gasteiger partial charge in [-0.25, -0.2) is 4.39 Å². The molecular weight excluding hydrogens is 395 g/mol. The summed E-state index contributed by atoms with van der Waals surface area (Å²) in [6.45, 7) is 4.30. The van der Waals surface area contributed by atoms with Crippen molar-refractivity contribution in [2.24, 2.45) is 0 Å². The lowest BCUT2D eigenvalue weighted by atomic mass is 10.0. The number of carbonyl (C=O) groups is 1. The maximum Gasteiger partial charge on any atom is 0.251 e. The number of anilines is 1. The first kappa shape index (κ1) is 20.5. The van der Waals surface area contributed by atoms with Gasteiger partial charge in [0.1, 0.15) is 5.82 Å². The Morgan fingerprint density at radius 2 is 1.87 bits per heavy atom.